The summed E-state index contributed by atoms with van der Waals surface area (Å²) in [6.07, 6.45) is 5.17. The molecule has 0 aliphatic carbocycles. The number of rotatable bonds is 6. The first kappa shape index (κ1) is 14.9. The molecule has 2 heterocycles. The van der Waals surface area contributed by atoms with Gasteiger partial charge in [0.05, 0.1) is 6.20 Å². The number of pyridine rings is 1. The Morgan fingerprint density at radius 2 is 1.83 bits per heavy atom. The fourth-order valence-electron chi connectivity index (χ4n) is 2.23. The lowest BCUT2D eigenvalue weighted by molar-refractivity contribution is 0.881. The number of nitrogens with one attached hydrogen (secondary N) is 1. The second kappa shape index (κ2) is 7.31. The van der Waals surface area contributed by atoms with Gasteiger partial charge in [-0.05, 0) is 36.8 Å². The predicted molar refractivity (Wildman–Crippen MR) is 90.5 cm³/mol. The van der Waals surface area contributed by atoms with E-state index in [1.165, 1.54) is 0 Å². The number of aromatic nitrogens is 4. The van der Waals surface area contributed by atoms with Gasteiger partial charge >= 0.3 is 0 Å². The van der Waals surface area contributed by atoms with Crippen LogP contribution in [0.2, 0.25) is 0 Å². The van der Waals surface area contributed by atoms with Crippen LogP contribution in [-0.2, 0) is 6.54 Å². The topological polar surface area (TPSA) is 66.8 Å². The minimum absolute atomic E-state index is 0.582. The van der Waals surface area contributed by atoms with E-state index in [-0.39, 0.29) is 0 Å². The zero-order valence-electron chi connectivity index (χ0n) is 12.9. The molecule has 0 atom stereocenters. The van der Waals surface area contributed by atoms with Crippen molar-refractivity contribution >= 4 is 17.5 Å². The average Bonchev–Trinajstić information content (AvgIpc) is 2.63. The van der Waals surface area contributed by atoms with Gasteiger partial charge in [-0.1, -0.05) is 18.2 Å². The molecule has 0 fully saturated rings. The summed E-state index contributed by atoms with van der Waals surface area (Å²) in [6.45, 7) is 3.49. The van der Waals surface area contributed by atoms with Crippen LogP contribution in [0.1, 0.15) is 12.5 Å². The van der Waals surface area contributed by atoms with Crippen LogP contribution in [0.15, 0.2) is 61.1 Å². The molecular weight excluding hydrogens is 288 g/mol. The van der Waals surface area contributed by atoms with Gasteiger partial charge in [0.25, 0.3) is 5.95 Å². The lowest BCUT2D eigenvalue weighted by Gasteiger charge is -2.20. The molecule has 1 N–H and O–H groups in total. The van der Waals surface area contributed by atoms with Crippen LogP contribution >= 0.6 is 0 Å². The molecule has 6 heteroatoms. The summed E-state index contributed by atoms with van der Waals surface area (Å²) in [6, 6.07) is 14.0. The summed E-state index contributed by atoms with van der Waals surface area (Å²) in [5.41, 5.74) is 2.18. The number of anilines is 3. The highest BCUT2D eigenvalue weighted by Crippen LogP contribution is 2.21. The standard InChI is InChI=1S/C17H18N6/c1-2-23(15-6-4-3-5-7-15)17-21-16(13-20-22-17)19-12-14-8-10-18-11-9-14/h3-11,13H,2,12H2,1H3,(H,19,21,22). The van der Waals surface area contributed by atoms with Gasteiger partial charge in [-0.15, -0.1) is 5.10 Å². The van der Waals surface area contributed by atoms with Gasteiger partial charge in [0, 0.05) is 31.2 Å². The number of para-hydroxylation sites is 1. The Morgan fingerprint density at radius 3 is 2.57 bits per heavy atom. The average molecular weight is 306 g/mol. The van der Waals surface area contributed by atoms with Gasteiger partial charge in [-0.3, -0.25) is 4.98 Å². The van der Waals surface area contributed by atoms with Crippen molar-refractivity contribution in [2.45, 2.75) is 13.5 Å². The zero-order chi connectivity index (χ0) is 15.9. The van der Waals surface area contributed by atoms with Crippen molar-refractivity contribution in [2.75, 3.05) is 16.8 Å². The molecule has 0 saturated heterocycles. The quantitative estimate of drug-likeness (QED) is 0.755. The van der Waals surface area contributed by atoms with E-state index in [9.17, 15) is 0 Å². The van der Waals surface area contributed by atoms with E-state index >= 15 is 0 Å². The Kier molecular flexibility index (Phi) is 4.73. The maximum Gasteiger partial charge on any atom is 0.251 e. The molecule has 0 unspecified atom stereocenters. The monoisotopic (exact) mass is 306 g/mol. The molecule has 3 aromatic rings. The maximum atomic E-state index is 4.56. The number of nitrogens with zero attached hydrogens (tertiary/aromatic N) is 5. The van der Waals surface area contributed by atoms with Crippen LogP contribution in [0.4, 0.5) is 17.5 Å². The van der Waals surface area contributed by atoms with Crippen LogP contribution in [-0.4, -0.2) is 26.7 Å². The van der Waals surface area contributed by atoms with Crippen LogP contribution in [0.3, 0.4) is 0 Å². The third-order valence-corrected chi connectivity index (χ3v) is 3.40. The van der Waals surface area contributed by atoms with Crippen molar-refractivity contribution in [1.29, 1.82) is 0 Å². The minimum Gasteiger partial charge on any atom is -0.365 e. The van der Waals surface area contributed by atoms with Gasteiger partial charge in [0.15, 0.2) is 5.82 Å². The second-order valence-electron chi connectivity index (χ2n) is 4.93. The van der Waals surface area contributed by atoms with E-state index in [1.807, 2.05) is 47.4 Å². The Hall–Kier alpha value is -3.02. The fourth-order valence-corrected chi connectivity index (χ4v) is 2.23. The van der Waals surface area contributed by atoms with Crippen LogP contribution in [0.5, 0.6) is 0 Å². The number of benzene rings is 1. The first-order chi connectivity index (χ1) is 11.4. The molecular formula is C17H18N6. The van der Waals surface area contributed by atoms with Gasteiger partial charge < -0.3 is 10.2 Å². The Bertz CT molecular complexity index is 732. The van der Waals surface area contributed by atoms with Crippen molar-refractivity contribution < 1.29 is 0 Å². The van der Waals surface area contributed by atoms with Crippen molar-refractivity contribution in [2.24, 2.45) is 0 Å². The molecule has 116 valence electrons. The van der Waals surface area contributed by atoms with E-state index in [0.29, 0.717) is 18.3 Å². The van der Waals surface area contributed by atoms with Gasteiger partial charge in [-0.2, -0.15) is 10.1 Å². The molecule has 0 aliphatic rings. The summed E-state index contributed by atoms with van der Waals surface area (Å²) < 4.78 is 0. The van der Waals surface area contributed by atoms with Crippen molar-refractivity contribution in [3.63, 3.8) is 0 Å². The first-order valence-electron chi connectivity index (χ1n) is 7.52. The molecule has 0 radical (unpaired) electrons. The molecule has 0 bridgehead atoms. The van der Waals surface area contributed by atoms with Gasteiger partial charge in [0.1, 0.15) is 0 Å². The van der Waals surface area contributed by atoms with E-state index in [1.54, 1.807) is 18.6 Å². The Labute approximate surface area is 135 Å². The summed E-state index contributed by atoms with van der Waals surface area (Å²) in [4.78, 5) is 10.6. The highest BCUT2D eigenvalue weighted by molar-refractivity contribution is 5.57. The summed E-state index contributed by atoms with van der Waals surface area (Å²) in [5, 5.41) is 11.5. The summed E-state index contributed by atoms with van der Waals surface area (Å²) >= 11 is 0. The van der Waals surface area contributed by atoms with E-state index in [4.69, 9.17) is 0 Å². The number of hydrogen-bond donors (Lipinski definition) is 1. The van der Waals surface area contributed by atoms with Crippen LogP contribution in [0, 0.1) is 0 Å². The zero-order valence-corrected chi connectivity index (χ0v) is 12.9. The highest BCUT2D eigenvalue weighted by Gasteiger charge is 2.11. The predicted octanol–water partition coefficient (Wildman–Crippen LogP) is 3.04. The third-order valence-electron chi connectivity index (χ3n) is 3.40. The molecule has 0 spiro atoms. The van der Waals surface area contributed by atoms with Crippen LogP contribution < -0.4 is 10.2 Å². The van der Waals surface area contributed by atoms with E-state index in [0.717, 1.165) is 17.8 Å². The summed E-state index contributed by atoms with van der Waals surface area (Å²) in [5.74, 6) is 1.28. The van der Waals surface area contributed by atoms with Crippen LogP contribution in [0.25, 0.3) is 0 Å². The van der Waals surface area contributed by atoms with Crippen molar-refractivity contribution in [3.8, 4) is 0 Å². The second-order valence-corrected chi connectivity index (χ2v) is 4.93. The van der Waals surface area contributed by atoms with E-state index < -0.39 is 0 Å². The molecule has 23 heavy (non-hydrogen) atoms. The molecule has 0 saturated carbocycles. The third kappa shape index (κ3) is 3.79. The Morgan fingerprint density at radius 1 is 1.04 bits per heavy atom. The van der Waals surface area contributed by atoms with Gasteiger partial charge in [0.2, 0.25) is 0 Å². The molecule has 3 rings (SSSR count). The minimum atomic E-state index is 0.582. The Balaban J connectivity index is 1.76. The smallest absolute Gasteiger partial charge is 0.251 e. The normalized spacial score (nSPS) is 10.3. The molecule has 1 aromatic carbocycles. The fraction of sp³-hybridized carbons (Fsp3) is 0.176. The first-order valence-corrected chi connectivity index (χ1v) is 7.52. The molecule has 2 aromatic heterocycles. The maximum absolute atomic E-state index is 4.56. The highest BCUT2D eigenvalue weighted by atomic mass is 15.3. The summed E-state index contributed by atoms with van der Waals surface area (Å²) in [7, 11) is 0. The van der Waals surface area contributed by atoms with Gasteiger partial charge in [-0.25, -0.2) is 0 Å². The lowest BCUT2D eigenvalue weighted by atomic mass is 10.3. The molecule has 0 amide bonds. The molecule has 6 nitrogen and oxygen atoms in total. The largest absolute Gasteiger partial charge is 0.365 e. The SMILES string of the molecule is CCN(c1ccccc1)c1nncc(NCc2ccncc2)n1. The van der Waals surface area contributed by atoms with Crippen molar-refractivity contribution in [1.82, 2.24) is 20.2 Å². The van der Waals surface area contributed by atoms with Crippen molar-refractivity contribution in [3.05, 3.63) is 66.6 Å². The van der Waals surface area contributed by atoms with E-state index in [2.05, 4.69) is 32.4 Å². The lowest BCUT2D eigenvalue weighted by Crippen LogP contribution is -2.19. The number of hydrogen-bond acceptors (Lipinski definition) is 6. The molecule has 0 aliphatic heterocycles.